The quantitative estimate of drug-likeness (QED) is 0.732. The van der Waals surface area contributed by atoms with E-state index in [1.54, 1.807) is 0 Å². The topological polar surface area (TPSA) is 9.23 Å². The van der Waals surface area contributed by atoms with Gasteiger partial charge in [-0.05, 0) is 24.6 Å². The zero-order valence-corrected chi connectivity index (χ0v) is 7.69. The van der Waals surface area contributed by atoms with Crippen molar-refractivity contribution in [2.24, 2.45) is 0 Å². The summed E-state index contributed by atoms with van der Waals surface area (Å²) < 4.78 is 41.7. The monoisotopic (exact) mass is 203 g/mol. The Bertz CT molecular complexity index is 294. The van der Waals surface area contributed by atoms with Crippen LogP contribution in [0.1, 0.15) is 18.9 Å². The zero-order chi connectivity index (χ0) is 10.6. The fourth-order valence-corrected chi connectivity index (χ4v) is 0.916. The van der Waals surface area contributed by atoms with Crippen molar-refractivity contribution in [1.29, 1.82) is 0 Å². The van der Waals surface area contributed by atoms with Gasteiger partial charge in [0.15, 0.2) is 0 Å². The number of hydrogen-bond acceptors (Lipinski definition) is 1. The van der Waals surface area contributed by atoms with Gasteiger partial charge in [-0.3, -0.25) is 0 Å². The van der Waals surface area contributed by atoms with E-state index in [1.165, 1.54) is 6.07 Å². The Balaban J connectivity index is 2.79. The van der Waals surface area contributed by atoms with Crippen molar-refractivity contribution >= 4 is 0 Å². The van der Waals surface area contributed by atoms with E-state index in [0.29, 0.717) is 6.61 Å². The average molecular weight is 203 g/mol. The minimum absolute atomic E-state index is 0.140. The first-order valence-electron chi connectivity index (χ1n) is 4.25. The largest absolute Gasteiger partial charge is 0.493 e. The number of halogens is 3. The first kappa shape index (κ1) is 10.9. The molecule has 0 unspecified atom stereocenters. The van der Waals surface area contributed by atoms with Crippen LogP contribution in [0.3, 0.4) is 0 Å². The van der Waals surface area contributed by atoms with Crippen molar-refractivity contribution in [3.05, 3.63) is 29.8 Å². The SMILES string of the molecule is CCCOc1[c]ccc(C(F)(F)F)c1. The molecule has 1 aromatic rings. The number of rotatable bonds is 3. The Hall–Kier alpha value is -1.19. The molecule has 4 heteroatoms. The second-order valence-electron chi connectivity index (χ2n) is 2.79. The van der Waals surface area contributed by atoms with Crippen LogP contribution in [-0.2, 0) is 6.18 Å². The first-order chi connectivity index (χ1) is 6.54. The van der Waals surface area contributed by atoms with E-state index in [2.05, 4.69) is 6.07 Å². The Kier molecular flexibility index (Phi) is 3.38. The highest BCUT2D eigenvalue weighted by molar-refractivity contribution is 5.29. The van der Waals surface area contributed by atoms with Gasteiger partial charge in [-0.1, -0.05) is 6.92 Å². The van der Waals surface area contributed by atoms with Crippen LogP contribution in [-0.4, -0.2) is 6.61 Å². The van der Waals surface area contributed by atoms with Crippen LogP contribution in [0.5, 0.6) is 5.75 Å². The number of ether oxygens (including phenoxy) is 1. The van der Waals surface area contributed by atoms with Crippen LogP contribution in [0.4, 0.5) is 13.2 Å². The third-order valence-corrected chi connectivity index (χ3v) is 1.56. The van der Waals surface area contributed by atoms with E-state index in [0.717, 1.165) is 18.6 Å². The van der Waals surface area contributed by atoms with Crippen LogP contribution in [0, 0.1) is 6.07 Å². The van der Waals surface area contributed by atoms with Crippen molar-refractivity contribution < 1.29 is 17.9 Å². The van der Waals surface area contributed by atoms with E-state index >= 15 is 0 Å². The predicted molar refractivity (Wildman–Crippen MR) is 46.1 cm³/mol. The summed E-state index contributed by atoms with van der Waals surface area (Å²) in [6.45, 7) is 2.28. The maximum Gasteiger partial charge on any atom is 0.416 e. The molecule has 0 amide bonds. The molecule has 0 atom stereocenters. The molecule has 0 aliphatic carbocycles. The van der Waals surface area contributed by atoms with Crippen LogP contribution < -0.4 is 4.74 Å². The van der Waals surface area contributed by atoms with Crippen LogP contribution in [0.25, 0.3) is 0 Å². The van der Waals surface area contributed by atoms with Gasteiger partial charge in [0.2, 0.25) is 0 Å². The Labute approximate surface area is 80.5 Å². The molecule has 1 radical (unpaired) electrons. The van der Waals surface area contributed by atoms with Crippen LogP contribution in [0.2, 0.25) is 0 Å². The highest BCUT2D eigenvalue weighted by Crippen LogP contribution is 2.30. The molecule has 0 N–H and O–H groups in total. The molecule has 1 aromatic carbocycles. The summed E-state index contributed by atoms with van der Waals surface area (Å²) in [4.78, 5) is 0. The summed E-state index contributed by atoms with van der Waals surface area (Å²) in [5, 5.41) is 0. The minimum atomic E-state index is -4.32. The van der Waals surface area contributed by atoms with Gasteiger partial charge in [0, 0.05) is 6.07 Å². The fraction of sp³-hybridized carbons (Fsp3) is 0.400. The van der Waals surface area contributed by atoms with E-state index in [4.69, 9.17) is 4.74 Å². The maximum atomic E-state index is 12.2. The summed E-state index contributed by atoms with van der Waals surface area (Å²) in [6.07, 6.45) is -3.57. The fourth-order valence-electron chi connectivity index (χ4n) is 0.916. The van der Waals surface area contributed by atoms with Crippen molar-refractivity contribution in [2.75, 3.05) is 6.61 Å². The molecule has 0 heterocycles. The van der Waals surface area contributed by atoms with Gasteiger partial charge in [-0.15, -0.1) is 0 Å². The standard InChI is InChI=1S/C10H10F3O/c1-2-6-14-9-5-3-4-8(7-9)10(11,12)13/h3-4,7H,2,6H2,1H3. The predicted octanol–water partition coefficient (Wildman–Crippen LogP) is 3.29. The number of benzene rings is 1. The van der Waals surface area contributed by atoms with Crippen molar-refractivity contribution in [3.63, 3.8) is 0 Å². The van der Waals surface area contributed by atoms with Crippen molar-refractivity contribution in [1.82, 2.24) is 0 Å². The summed E-state index contributed by atoms with van der Waals surface area (Å²) in [5.74, 6) is 0.140. The normalized spacial score (nSPS) is 11.4. The van der Waals surface area contributed by atoms with Crippen molar-refractivity contribution in [2.45, 2.75) is 19.5 Å². The lowest BCUT2D eigenvalue weighted by molar-refractivity contribution is -0.137. The molecular weight excluding hydrogens is 193 g/mol. The van der Waals surface area contributed by atoms with Gasteiger partial charge in [-0.2, -0.15) is 13.2 Å². The zero-order valence-electron chi connectivity index (χ0n) is 7.69. The number of alkyl halides is 3. The minimum Gasteiger partial charge on any atom is -0.493 e. The van der Waals surface area contributed by atoms with E-state index in [9.17, 15) is 13.2 Å². The van der Waals surface area contributed by atoms with E-state index in [-0.39, 0.29) is 5.75 Å². The van der Waals surface area contributed by atoms with Gasteiger partial charge in [0.1, 0.15) is 5.75 Å². The lowest BCUT2D eigenvalue weighted by atomic mass is 10.2. The third-order valence-electron chi connectivity index (χ3n) is 1.56. The molecule has 0 aliphatic rings. The molecule has 0 saturated heterocycles. The molecule has 1 nitrogen and oxygen atoms in total. The Morgan fingerprint density at radius 3 is 2.71 bits per heavy atom. The summed E-state index contributed by atoms with van der Waals surface area (Å²) in [6, 6.07) is 5.73. The van der Waals surface area contributed by atoms with E-state index in [1.807, 2.05) is 6.92 Å². The second-order valence-corrected chi connectivity index (χ2v) is 2.79. The molecule has 0 aromatic heterocycles. The summed E-state index contributed by atoms with van der Waals surface area (Å²) in [7, 11) is 0. The van der Waals surface area contributed by atoms with Gasteiger partial charge in [-0.25, -0.2) is 0 Å². The molecule has 0 spiro atoms. The van der Waals surface area contributed by atoms with Crippen LogP contribution >= 0.6 is 0 Å². The second kappa shape index (κ2) is 4.35. The maximum absolute atomic E-state index is 12.2. The third kappa shape index (κ3) is 2.94. The lowest BCUT2D eigenvalue weighted by Gasteiger charge is -2.08. The lowest BCUT2D eigenvalue weighted by Crippen LogP contribution is -2.05. The Morgan fingerprint density at radius 1 is 1.43 bits per heavy atom. The summed E-state index contributed by atoms with van der Waals surface area (Å²) >= 11 is 0. The molecule has 0 saturated carbocycles. The number of hydrogen-bond donors (Lipinski definition) is 0. The summed E-state index contributed by atoms with van der Waals surface area (Å²) in [5.41, 5.74) is -0.706. The van der Waals surface area contributed by atoms with Crippen molar-refractivity contribution in [3.8, 4) is 5.75 Å². The van der Waals surface area contributed by atoms with Gasteiger partial charge in [0.25, 0.3) is 0 Å². The Morgan fingerprint density at radius 2 is 2.14 bits per heavy atom. The molecule has 1 rings (SSSR count). The smallest absolute Gasteiger partial charge is 0.416 e. The molecule has 14 heavy (non-hydrogen) atoms. The molecule has 0 aliphatic heterocycles. The molecule has 0 bridgehead atoms. The molecule has 0 fully saturated rings. The van der Waals surface area contributed by atoms with E-state index < -0.39 is 11.7 Å². The highest BCUT2D eigenvalue weighted by atomic mass is 19.4. The highest BCUT2D eigenvalue weighted by Gasteiger charge is 2.30. The van der Waals surface area contributed by atoms with Gasteiger partial charge in [0.05, 0.1) is 12.2 Å². The van der Waals surface area contributed by atoms with Gasteiger partial charge >= 0.3 is 6.18 Å². The van der Waals surface area contributed by atoms with Gasteiger partial charge < -0.3 is 4.74 Å². The average Bonchev–Trinajstić information content (AvgIpc) is 2.14. The first-order valence-corrected chi connectivity index (χ1v) is 4.25. The molecular formula is C10H10F3O. The molecule has 77 valence electrons. The van der Waals surface area contributed by atoms with Crippen LogP contribution in [0.15, 0.2) is 18.2 Å².